The van der Waals surface area contributed by atoms with Crippen LogP contribution in [0.5, 0.6) is 5.88 Å². The average molecular weight is 349 g/mol. The van der Waals surface area contributed by atoms with E-state index in [9.17, 15) is 9.90 Å². The van der Waals surface area contributed by atoms with Crippen molar-refractivity contribution in [3.05, 3.63) is 65.5 Å². The number of nitrogens with zero attached hydrogens (tertiary/aromatic N) is 8. The molecule has 26 heavy (non-hydrogen) atoms. The van der Waals surface area contributed by atoms with Crippen LogP contribution in [0.1, 0.15) is 0 Å². The fourth-order valence-corrected chi connectivity index (χ4v) is 2.21. The van der Waals surface area contributed by atoms with E-state index in [-0.39, 0.29) is 23.5 Å². The summed E-state index contributed by atoms with van der Waals surface area (Å²) in [4.78, 5) is 24.1. The highest BCUT2D eigenvalue weighted by Crippen LogP contribution is 2.26. The lowest BCUT2D eigenvalue weighted by atomic mass is 10.3. The molecule has 0 spiro atoms. The van der Waals surface area contributed by atoms with Gasteiger partial charge in [-0.05, 0) is 18.2 Å². The Balaban J connectivity index is 1.71. The second-order valence-electron chi connectivity index (χ2n) is 5.00. The minimum Gasteiger partial charge on any atom is -0.492 e. The first-order valence-electron chi connectivity index (χ1n) is 7.42. The van der Waals surface area contributed by atoms with E-state index < -0.39 is 5.56 Å². The molecule has 0 aliphatic heterocycles. The molecule has 0 amide bonds. The van der Waals surface area contributed by atoms with E-state index in [2.05, 4.69) is 35.4 Å². The molecule has 0 fully saturated rings. The van der Waals surface area contributed by atoms with Crippen molar-refractivity contribution >= 4 is 11.6 Å². The Morgan fingerprint density at radius 1 is 1.00 bits per heavy atom. The van der Waals surface area contributed by atoms with Gasteiger partial charge in [0.2, 0.25) is 11.6 Å². The van der Waals surface area contributed by atoms with Gasteiger partial charge in [0.15, 0.2) is 0 Å². The summed E-state index contributed by atoms with van der Waals surface area (Å²) in [5.74, 6) is -0.0617. The van der Waals surface area contributed by atoms with Crippen molar-refractivity contribution in [3.8, 4) is 17.5 Å². The molecule has 0 bridgehead atoms. The van der Waals surface area contributed by atoms with Gasteiger partial charge in [-0.1, -0.05) is 18.2 Å². The molecule has 3 aromatic heterocycles. The van der Waals surface area contributed by atoms with Crippen molar-refractivity contribution in [1.29, 1.82) is 0 Å². The third-order valence-electron chi connectivity index (χ3n) is 3.38. The van der Waals surface area contributed by atoms with Crippen LogP contribution in [0.3, 0.4) is 0 Å². The molecular weight excluding hydrogens is 338 g/mol. The minimum atomic E-state index is -0.600. The molecule has 0 atom stereocenters. The monoisotopic (exact) mass is 349 g/mol. The zero-order valence-electron chi connectivity index (χ0n) is 13.1. The highest BCUT2D eigenvalue weighted by Gasteiger charge is 2.16. The summed E-state index contributed by atoms with van der Waals surface area (Å²) in [6.45, 7) is 0. The van der Waals surface area contributed by atoms with Crippen LogP contribution in [0.15, 0.2) is 70.1 Å². The maximum Gasteiger partial charge on any atom is 0.296 e. The van der Waals surface area contributed by atoms with Gasteiger partial charge in [0.1, 0.15) is 6.33 Å². The number of para-hydroxylation sites is 1. The van der Waals surface area contributed by atoms with E-state index in [1.807, 2.05) is 6.07 Å². The SMILES string of the molecule is O=c1[nH]n(-c2ccccc2)c(O)c1N=Nc1ncnn1-c1ncccn1. The lowest BCUT2D eigenvalue weighted by Crippen LogP contribution is -2.03. The summed E-state index contributed by atoms with van der Waals surface area (Å²) in [7, 11) is 0. The minimum absolute atomic E-state index is 0.0578. The molecule has 0 radical (unpaired) electrons. The number of aromatic amines is 1. The lowest BCUT2D eigenvalue weighted by Gasteiger charge is -2.02. The smallest absolute Gasteiger partial charge is 0.296 e. The molecular formula is C15H11N9O2. The Bertz CT molecular complexity index is 1110. The van der Waals surface area contributed by atoms with Gasteiger partial charge in [-0.15, -0.1) is 10.2 Å². The van der Waals surface area contributed by atoms with E-state index in [4.69, 9.17) is 0 Å². The Morgan fingerprint density at radius 3 is 2.54 bits per heavy atom. The van der Waals surface area contributed by atoms with Gasteiger partial charge in [-0.25, -0.2) is 14.6 Å². The van der Waals surface area contributed by atoms with Gasteiger partial charge in [-0.2, -0.15) is 14.8 Å². The van der Waals surface area contributed by atoms with Crippen LogP contribution in [-0.4, -0.2) is 39.6 Å². The van der Waals surface area contributed by atoms with E-state index in [0.29, 0.717) is 5.69 Å². The first-order chi connectivity index (χ1) is 12.7. The molecule has 0 aliphatic rings. The molecule has 1 aromatic carbocycles. The van der Waals surface area contributed by atoms with Crippen LogP contribution in [0.2, 0.25) is 0 Å². The zero-order chi connectivity index (χ0) is 17.9. The second kappa shape index (κ2) is 6.39. The Morgan fingerprint density at radius 2 is 1.77 bits per heavy atom. The number of aromatic hydroxyl groups is 1. The predicted octanol–water partition coefficient (Wildman–Crippen LogP) is 1.66. The molecule has 3 heterocycles. The van der Waals surface area contributed by atoms with Crippen LogP contribution in [0.4, 0.5) is 11.6 Å². The Hall–Kier alpha value is -4.15. The normalized spacial score (nSPS) is 11.2. The molecule has 4 rings (SSSR count). The number of rotatable bonds is 4. The zero-order valence-corrected chi connectivity index (χ0v) is 13.1. The summed E-state index contributed by atoms with van der Waals surface area (Å²) >= 11 is 0. The highest BCUT2D eigenvalue weighted by atomic mass is 16.3. The fourth-order valence-electron chi connectivity index (χ4n) is 2.21. The van der Waals surface area contributed by atoms with E-state index in [1.165, 1.54) is 15.7 Å². The van der Waals surface area contributed by atoms with Crippen molar-refractivity contribution in [2.75, 3.05) is 0 Å². The third kappa shape index (κ3) is 2.73. The largest absolute Gasteiger partial charge is 0.492 e. The van der Waals surface area contributed by atoms with Gasteiger partial charge in [0.05, 0.1) is 5.69 Å². The molecule has 0 unspecified atom stereocenters. The number of benzene rings is 1. The van der Waals surface area contributed by atoms with Gasteiger partial charge < -0.3 is 5.11 Å². The van der Waals surface area contributed by atoms with E-state index in [0.717, 1.165) is 0 Å². The van der Waals surface area contributed by atoms with Crippen molar-refractivity contribution in [1.82, 2.24) is 34.5 Å². The first-order valence-corrected chi connectivity index (χ1v) is 7.42. The molecule has 128 valence electrons. The molecule has 11 heteroatoms. The maximum absolute atomic E-state index is 12.1. The summed E-state index contributed by atoms with van der Waals surface area (Å²) in [5, 5.41) is 24.4. The number of H-pyrrole nitrogens is 1. The lowest BCUT2D eigenvalue weighted by molar-refractivity contribution is 0.434. The molecule has 4 aromatic rings. The van der Waals surface area contributed by atoms with Gasteiger partial charge in [-0.3, -0.25) is 9.89 Å². The predicted molar refractivity (Wildman–Crippen MR) is 89.2 cm³/mol. The van der Waals surface area contributed by atoms with Crippen LogP contribution in [-0.2, 0) is 0 Å². The summed E-state index contributed by atoms with van der Waals surface area (Å²) < 4.78 is 2.46. The molecule has 11 nitrogen and oxygen atoms in total. The second-order valence-corrected chi connectivity index (χ2v) is 5.00. The summed E-state index contributed by atoms with van der Waals surface area (Å²) in [6.07, 6.45) is 4.34. The topological polar surface area (TPSA) is 139 Å². The number of aromatic nitrogens is 7. The average Bonchev–Trinajstić information content (AvgIpc) is 3.26. The molecule has 2 N–H and O–H groups in total. The van der Waals surface area contributed by atoms with Crippen molar-refractivity contribution in [2.45, 2.75) is 0 Å². The van der Waals surface area contributed by atoms with Crippen molar-refractivity contribution < 1.29 is 5.11 Å². The Labute approximate surface area is 145 Å². The number of nitrogens with one attached hydrogen (secondary N) is 1. The van der Waals surface area contributed by atoms with Gasteiger partial charge in [0.25, 0.3) is 17.5 Å². The molecule has 0 aliphatic carbocycles. The third-order valence-corrected chi connectivity index (χ3v) is 3.38. The van der Waals surface area contributed by atoms with Gasteiger partial charge >= 0.3 is 0 Å². The Kier molecular flexibility index (Phi) is 3.78. The van der Waals surface area contributed by atoms with Crippen LogP contribution >= 0.6 is 0 Å². The van der Waals surface area contributed by atoms with Crippen molar-refractivity contribution in [2.24, 2.45) is 10.2 Å². The van der Waals surface area contributed by atoms with Gasteiger partial charge in [0, 0.05) is 12.4 Å². The first kappa shape index (κ1) is 15.4. The number of hydrogen-bond acceptors (Lipinski definition) is 8. The fraction of sp³-hybridized carbons (Fsp3) is 0. The molecule has 0 saturated carbocycles. The maximum atomic E-state index is 12.1. The van der Waals surface area contributed by atoms with Crippen LogP contribution in [0.25, 0.3) is 11.6 Å². The summed E-state index contributed by atoms with van der Waals surface area (Å²) in [5.41, 5.74) is -0.279. The molecule has 0 saturated heterocycles. The number of hydrogen-bond donors (Lipinski definition) is 2. The van der Waals surface area contributed by atoms with Crippen LogP contribution < -0.4 is 5.56 Å². The van der Waals surface area contributed by atoms with Crippen molar-refractivity contribution in [3.63, 3.8) is 0 Å². The number of azo groups is 1. The summed E-state index contributed by atoms with van der Waals surface area (Å²) in [6, 6.07) is 10.5. The highest BCUT2D eigenvalue weighted by molar-refractivity contribution is 5.49. The van der Waals surface area contributed by atoms with E-state index >= 15 is 0 Å². The van der Waals surface area contributed by atoms with E-state index in [1.54, 1.807) is 42.7 Å². The quantitative estimate of drug-likeness (QED) is 0.537. The van der Waals surface area contributed by atoms with Crippen LogP contribution in [0, 0.1) is 0 Å². The standard InChI is InChI=1S/C15H11N9O2/c25-12-11(13(26)23(22-12)10-5-2-1-3-6-10)20-21-15-18-9-19-24(15)14-16-7-4-8-17-14/h1-9,26H,(H,22,25).